The van der Waals surface area contributed by atoms with Gasteiger partial charge in [-0.25, -0.2) is 0 Å². The molecule has 182 valence electrons. The van der Waals surface area contributed by atoms with E-state index >= 15 is 0 Å². The van der Waals surface area contributed by atoms with Gasteiger partial charge in [0.05, 0.1) is 23.9 Å². The van der Waals surface area contributed by atoms with Crippen molar-refractivity contribution < 1.29 is 5.11 Å². The van der Waals surface area contributed by atoms with Gasteiger partial charge in [0.25, 0.3) is 0 Å². The van der Waals surface area contributed by atoms with Crippen LogP contribution in [-0.4, -0.2) is 22.3 Å². The number of fused-ring (bicyclic) bond motifs is 3. The highest BCUT2D eigenvalue weighted by atomic mass is 127. The molecule has 6 rings (SSSR count). The lowest BCUT2D eigenvalue weighted by Crippen LogP contribution is -2.25. The van der Waals surface area contributed by atoms with Crippen LogP contribution in [0.1, 0.15) is 0 Å². The van der Waals surface area contributed by atoms with Gasteiger partial charge in [0.2, 0.25) is 0 Å². The van der Waals surface area contributed by atoms with E-state index in [0.717, 1.165) is 22.5 Å². The Balaban J connectivity index is 1.54. The monoisotopic (exact) mass is 594 g/mol. The van der Waals surface area contributed by atoms with Crippen LogP contribution in [0.25, 0.3) is 44.1 Å². The highest BCUT2D eigenvalue weighted by Crippen LogP contribution is 2.43. The molecule has 4 heteroatoms. The van der Waals surface area contributed by atoms with Gasteiger partial charge in [-0.3, -0.25) is 0 Å². The Kier molecular flexibility index (Phi) is 6.68. The van der Waals surface area contributed by atoms with E-state index in [9.17, 15) is 5.11 Å². The Morgan fingerprint density at radius 3 is 2.05 bits per heavy atom. The predicted octanol–water partition coefficient (Wildman–Crippen LogP) is 8.21. The Morgan fingerprint density at radius 2 is 1.32 bits per heavy atom. The van der Waals surface area contributed by atoms with Crippen molar-refractivity contribution in [3.63, 3.8) is 0 Å². The van der Waals surface area contributed by atoms with Gasteiger partial charge in [-0.05, 0) is 63.4 Å². The number of rotatable bonds is 7. The molecule has 1 aromatic heterocycles. The average molecular weight is 594 g/mol. The minimum Gasteiger partial charge on any atom is -0.389 e. The minimum absolute atomic E-state index is 0.458. The highest BCUT2D eigenvalue weighted by molar-refractivity contribution is 14.1. The largest absolute Gasteiger partial charge is 0.389 e. The lowest BCUT2D eigenvalue weighted by molar-refractivity contribution is 0.169. The molecule has 2 N–H and O–H groups in total. The zero-order valence-corrected chi connectivity index (χ0v) is 22.5. The van der Waals surface area contributed by atoms with Gasteiger partial charge in [0.1, 0.15) is 0 Å². The van der Waals surface area contributed by atoms with Crippen LogP contribution in [0.15, 0.2) is 121 Å². The molecule has 0 spiro atoms. The standard InChI is InChI=1S/C33H27IN2O/c34-26-16-18-27(19-17-26)35-21-28(37)22-36-32(25-12-5-2-6-13-25)31(24-10-3-1-4-11-24)30-20-15-23-9-7-8-14-29(23)33(30)36/h1-20,28,35,37H,21-22H2. The predicted molar refractivity (Wildman–Crippen MR) is 164 cm³/mol. The van der Waals surface area contributed by atoms with Crippen LogP contribution in [0.3, 0.4) is 0 Å². The van der Waals surface area contributed by atoms with Crippen LogP contribution in [-0.2, 0) is 6.54 Å². The van der Waals surface area contributed by atoms with Gasteiger partial charge in [0.15, 0.2) is 0 Å². The first-order valence-corrected chi connectivity index (χ1v) is 13.6. The number of halogens is 1. The van der Waals surface area contributed by atoms with Gasteiger partial charge < -0.3 is 15.0 Å². The molecule has 0 saturated heterocycles. The number of hydrogen-bond acceptors (Lipinski definition) is 2. The highest BCUT2D eigenvalue weighted by Gasteiger charge is 2.23. The summed E-state index contributed by atoms with van der Waals surface area (Å²) in [6.07, 6.45) is -0.583. The van der Waals surface area contributed by atoms with Crippen LogP contribution in [0.5, 0.6) is 0 Å². The van der Waals surface area contributed by atoms with Crippen molar-refractivity contribution in [1.29, 1.82) is 0 Å². The Labute approximate surface area is 230 Å². The molecule has 3 nitrogen and oxygen atoms in total. The van der Waals surface area contributed by atoms with Gasteiger partial charge in [-0.2, -0.15) is 0 Å². The minimum atomic E-state index is -0.583. The van der Waals surface area contributed by atoms with Crippen molar-refractivity contribution in [2.24, 2.45) is 0 Å². The fourth-order valence-electron chi connectivity index (χ4n) is 5.18. The van der Waals surface area contributed by atoms with Gasteiger partial charge >= 0.3 is 0 Å². The molecule has 6 aromatic rings. The second-order valence-corrected chi connectivity index (χ2v) is 10.5. The summed E-state index contributed by atoms with van der Waals surface area (Å²) in [6, 6.07) is 42.3. The van der Waals surface area contributed by atoms with E-state index < -0.39 is 6.10 Å². The molecule has 0 aliphatic carbocycles. The summed E-state index contributed by atoms with van der Waals surface area (Å²) in [6.45, 7) is 0.929. The number of aliphatic hydroxyl groups excluding tert-OH is 1. The zero-order valence-electron chi connectivity index (χ0n) is 20.3. The summed E-state index contributed by atoms with van der Waals surface area (Å²) in [7, 11) is 0. The fourth-order valence-corrected chi connectivity index (χ4v) is 5.54. The van der Waals surface area contributed by atoms with Crippen LogP contribution < -0.4 is 5.32 Å². The van der Waals surface area contributed by atoms with Crippen LogP contribution >= 0.6 is 22.6 Å². The fraction of sp³-hybridized carbons (Fsp3) is 0.0909. The molecular formula is C33H27IN2O. The average Bonchev–Trinajstić information content (AvgIpc) is 3.28. The molecule has 0 amide bonds. The molecule has 1 heterocycles. The molecule has 0 saturated carbocycles. The van der Waals surface area contributed by atoms with Crippen molar-refractivity contribution in [1.82, 2.24) is 4.57 Å². The summed E-state index contributed by atoms with van der Waals surface area (Å²) >= 11 is 2.30. The third-order valence-electron chi connectivity index (χ3n) is 6.84. The maximum Gasteiger partial charge on any atom is 0.0891 e. The summed E-state index contributed by atoms with van der Waals surface area (Å²) < 4.78 is 3.52. The van der Waals surface area contributed by atoms with E-state index in [0.29, 0.717) is 13.1 Å². The van der Waals surface area contributed by atoms with E-state index in [4.69, 9.17) is 0 Å². The molecule has 0 aliphatic heterocycles. The van der Waals surface area contributed by atoms with E-state index in [2.05, 4.69) is 148 Å². The SMILES string of the molecule is OC(CNc1ccc(I)cc1)Cn1c(-c2ccccc2)c(-c2ccccc2)c2ccc3ccccc3c21. The maximum absolute atomic E-state index is 11.3. The molecule has 5 aromatic carbocycles. The van der Waals surface area contributed by atoms with Gasteiger partial charge in [-0.15, -0.1) is 0 Å². The van der Waals surface area contributed by atoms with E-state index in [1.165, 1.54) is 30.9 Å². The molecule has 0 radical (unpaired) electrons. The van der Waals surface area contributed by atoms with Crippen molar-refractivity contribution in [3.05, 3.63) is 125 Å². The Hall–Kier alpha value is -3.61. The summed E-state index contributed by atoms with van der Waals surface area (Å²) in [5.74, 6) is 0. The van der Waals surface area contributed by atoms with E-state index in [1.54, 1.807) is 0 Å². The van der Waals surface area contributed by atoms with Crippen molar-refractivity contribution in [2.45, 2.75) is 12.6 Å². The molecular weight excluding hydrogens is 567 g/mol. The van der Waals surface area contributed by atoms with Crippen LogP contribution in [0, 0.1) is 3.57 Å². The lowest BCUT2D eigenvalue weighted by Gasteiger charge is -2.18. The van der Waals surface area contributed by atoms with Crippen molar-refractivity contribution in [3.8, 4) is 22.4 Å². The second kappa shape index (κ2) is 10.4. The maximum atomic E-state index is 11.3. The van der Waals surface area contributed by atoms with Crippen LogP contribution in [0.4, 0.5) is 5.69 Å². The Morgan fingerprint density at radius 1 is 0.676 bits per heavy atom. The number of benzene rings is 5. The lowest BCUT2D eigenvalue weighted by atomic mass is 9.97. The number of hydrogen-bond donors (Lipinski definition) is 2. The summed E-state index contributed by atoms with van der Waals surface area (Å²) in [4.78, 5) is 0. The molecule has 1 atom stereocenters. The number of nitrogens with zero attached hydrogens (tertiary/aromatic N) is 1. The molecule has 1 unspecified atom stereocenters. The first-order chi connectivity index (χ1) is 18.2. The number of aromatic nitrogens is 1. The quantitative estimate of drug-likeness (QED) is 0.183. The normalized spacial score (nSPS) is 12.2. The molecule has 0 aliphatic rings. The zero-order chi connectivity index (χ0) is 25.2. The first kappa shape index (κ1) is 23.8. The third kappa shape index (κ3) is 4.75. The van der Waals surface area contributed by atoms with Gasteiger partial charge in [0, 0.05) is 32.1 Å². The summed E-state index contributed by atoms with van der Waals surface area (Å²) in [5, 5.41) is 18.3. The third-order valence-corrected chi connectivity index (χ3v) is 7.55. The molecule has 37 heavy (non-hydrogen) atoms. The number of nitrogens with one attached hydrogen (secondary N) is 1. The second-order valence-electron chi connectivity index (χ2n) is 9.29. The Bertz CT molecular complexity index is 1660. The van der Waals surface area contributed by atoms with Crippen molar-refractivity contribution in [2.75, 3.05) is 11.9 Å². The van der Waals surface area contributed by atoms with E-state index in [-0.39, 0.29) is 0 Å². The molecule has 0 fully saturated rings. The number of anilines is 1. The van der Waals surface area contributed by atoms with Crippen LogP contribution in [0.2, 0.25) is 0 Å². The van der Waals surface area contributed by atoms with Crippen molar-refractivity contribution >= 4 is 50.0 Å². The topological polar surface area (TPSA) is 37.2 Å². The first-order valence-electron chi connectivity index (χ1n) is 12.5. The number of aliphatic hydroxyl groups is 1. The smallest absolute Gasteiger partial charge is 0.0891 e. The van der Waals surface area contributed by atoms with Gasteiger partial charge in [-0.1, -0.05) is 97.1 Å². The van der Waals surface area contributed by atoms with E-state index in [1.807, 2.05) is 6.07 Å². The molecule has 0 bridgehead atoms. The summed E-state index contributed by atoms with van der Waals surface area (Å²) in [5.41, 5.74) is 6.81.